The fourth-order valence-corrected chi connectivity index (χ4v) is 4.54. The molecule has 0 saturated heterocycles. The van der Waals surface area contributed by atoms with Crippen LogP contribution < -0.4 is 4.72 Å². The second-order valence-electron chi connectivity index (χ2n) is 7.20. The number of nitrogens with zero attached hydrogens (tertiary/aromatic N) is 1. The maximum Gasteiger partial charge on any atom is 0.392 e. The van der Waals surface area contributed by atoms with Crippen LogP contribution in [0, 0.1) is 11.6 Å². The highest BCUT2D eigenvalue weighted by Gasteiger charge is 2.24. The zero-order valence-corrected chi connectivity index (χ0v) is 18.5. The first-order chi connectivity index (χ1) is 15.5. The molecule has 2 aromatic carbocycles. The highest BCUT2D eigenvalue weighted by Crippen LogP contribution is 2.31. The van der Waals surface area contributed by atoms with Gasteiger partial charge in [0, 0.05) is 30.9 Å². The third-order valence-electron chi connectivity index (χ3n) is 4.69. The first-order valence-corrected chi connectivity index (χ1v) is 11.3. The van der Waals surface area contributed by atoms with Crippen molar-refractivity contribution in [3.05, 3.63) is 70.9 Å². The van der Waals surface area contributed by atoms with Gasteiger partial charge in [-0.05, 0) is 30.2 Å². The number of oxazole rings is 1. The van der Waals surface area contributed by atoms with E-state index in [4.69, 9.17) is 9.52 Å². The number of aryl methyl sites for hydroxylation is 1. The van der Waals surface area contributed by atoms with Gasteiger partial charge in [-0.15, -0.1) is 0 Å². The summed E-state index contributed by atoms with van der Waals surface area (Å²) in [5.41, 5.74) is -0.327. The Morgan fingerprint density at radius 1 is 1.15 bits per heavy atom. The van der Waals surface area contributed by atoms with Crippen LogP contribution in [0.15, 0.2) is 45.7 Å². The Hall–Kier alpha value is -3.60. The number of carboxylic acid groups (broad SMARTS) is 1. The van der Waals surface area contributed by atoms with E-state index < -0.39 is 39.4 Å². The van der Waals surface area contributed by atoms with E-state index in [1.54, 1.807) is 0 Å². The highest BCUT2D eigenvalue weighted by molar-refractivity contribution is 7.90. The summed E-state index contributed by atoms with van der Waals surface area (Å²) in [4.78, 5) is 25.9. The molecule has 0 aliphatic carbocycles. The highest BCUT2D eigenvalue weighted by atomic mass is 32.2. The van der Waals surface area contributed by atoms with Crippen LogP contribution >= 0.6 is 0 Å². The average molecular weight is 478 g/mol. The monoisotopic (exact) mass is 478 g/mol. The smallest absolute Gasteiger partial charge is 0.392 e. The Kier molecular flexibility index (Phi) is 6.92. The number of carbonyl (C=O) groups excluding carboxylic acids is 1. The lowest BCUT2D eigenvalue weighted by Gasteiger charge is -2.13. The molecule has 0 saturated carbocycles. The molecule has 0 atom stereocenters. The third-order valence-corrected chi connectivity index (χ3v) is 6.18. The Balaban J connectivity index is 2.05. The molecule has 0 bridgehead atoms. The van der Waals surface area contributed by atoms with Gasteiger partial charge in [-0.1, -0.05) is 25.1 Å². The number of nitrogens with one attached hydrogen (secondary N) is 1. The molecule has 0 unspecified atom stereocenters. The van der Waals surface area contributed by atoms with Crippen molar-refractivity contribution >= 4 is 21.9 Å². The van der Waals surface area contributed by atoms with Gasteiger partial charge < -0.3 is 9.52 Å². The molecule has 11 heteroatoms. The van der Waals surface area contributed by atoms with Crippen molar-refractivity contribution in [2.45, 2.75) is 38.0 Å². The standard InChI is InChI=1S/C22H20F2N2O6S/c1-3-6-19-18(25-21(32-19)22(28)29)11-15-16(23)9-13(10-17(15)24)14-7-4-5-8-20(14)33(30,31)26-12(2)27/h4-5,7-10H,3,6,11H2,1-2H3,(H,26,27)(H,28,29). The predicted molar refractivity (Wildman–Crippen MR) is 113 cm³/mol. The largest absolute Gasteiger partial charge is 0.474 e. The molecule has 0 fully saturated rings. The summed E-state index contributed by atoms with van der Waals surface area (Å²) in [5.74, 6) is -4.49. The zero-order chi connectivity index (χ0) is 24.3. The van der Waals surface area contributed by atoms with Gasteiger partial charge in [-0.2, -0.15) is 0 Å². The van der Waals surface area contributed by atoms with E-state index in [0.717, 1.165) is 19.1 Å². The van der Waals surface area contributed by atoms with Gasteiger partial charge in [0.25, 0.3) is 10.0 Å². The van der Waals surface area contributed by atoms with E-state index in [9.17, 15) is 26.8 Å². The van der Waals surface area contributed by atoms with Gasteiger partial charge >= 0.3 is 11.9 Å². The summed E-state index contributed by atoms with van der Waals surface area (Å²) in [7, 11) is -4.26. The fraction of sp³-hybridized carbons (Fsp3) is 0.227. The quantitative estimate of drug-likeness (QED) is 0.506. The fourth-order valence-electron chi connectivity index (χ4n) is 3.31. The van der Waals surface area contributed by atoms with E-state index in [2.05, 4.69) is 4.98 Å². The lowest BCUT2D eigenvalue weighted by atomic mass is 10.00. The first-order valence-electron chi connectivity index (χ1n) is 9.86. The molecule has 2 N–H and O–H groups in total. The Morgan fingerprint density at radius 3 is 2.36 bits per heavy atom. The van der Waals surface area contributed by atoms with E-state index in [-0.39, 0.29) is 39.5 Å². The number of aromatic nitrogens is 1. The molecule has 3 rings (SSSR count). The molecule has 1 heterocycles. The summed E-state index contributed by atoms with van der Waals surface area (Å²) in [6, 6.07) is 7.42. The van der Waals surface area contributed by atoms with Crippen molar-refractivity contribution in [3.63, 3.8) is 0 Å². The second-order valence-corrected chi connectivity index (χ2v) is 8.85. The van der Waals surface area contributed by atoms with Crippen LogP contribution in [0.2, 0.25) is 0 Å². The molecule has 1 amide bonds. The molecular weight excluding hydrogens is 458 g/mol. The van der Waals surface area contributed by atoms with Crippen LogP contribution in [0.1, 0.15) is 48.0 Å². The number of aromatic carboxylic acids is 1. The molecular formula is C22H20F2N2O6S. The summed E-state index contributed by atoms with van der Waals surface area (Å²) >= 11 is 0. The van der Waals surface area contributed by atoms with E-state index in [1.165, 1.54) is 24.3 Å². The lowest BCUT2D eigenvalue weighted by molar-refractivity contribution is -0.117. The molecule has 33 heavy (non-hydrogen) atoms. The lowest BCUT2D eigenvalue weighted by Crippen LogP contribution is -2.28. The number of benzene rings is 2. The molecule has 3 aromatic rings. The molecule has 0 aliphatic rings. The summed E-state index contributed by atoms with van der Waals surface area (Å²) in [5, 5.41) is 9.10. The second kappa shape index (κ2) is 9.49. The number of halogens is 2. The minimum absolute atomic E-state index is 0.00290. The minimum atomic E-state index is -4.26. The van der Waals surface area contributed by atoms with Gasteiger partial charge in [-0.3, -0.25) is 4.79 Å². The zero-order valence-electron chi connectivity index (χ0n) is 17.7. The van der Waals surface area contributed by atoms with Crippen LogP contribution in [0.3, 0.4) is 0 Å². The van der Waals surface area contributed by atoms with Gasteiger partial charge in [0.15, 0.2) is 0 Å². The topological polar surface area (TPSA) is 127 Å². The Bertz CT molecular complexity index is 1310. The summed E-state index contributed by atoms with van der Waals surface area (Å²) in [6.07, 6.45) is 0.589. The molecule has 174 valence electrons. The molecule has 0 spiro atoms. The number of sulfonamides is 1. The number of carbonyl (C=O) groups is 2. The van der Waals surface area contributed by atoms with E-state index >= 15 is 0 Å². The van der Waals surface area contributed by atoms with Gasteiger partial charge in [-0.25, -0.2) is 31.7 Å². The van der Waals surface area contributed by atoms with Crippen molar-refractivity contribution in [1.82, 2.24) is 9.71 Å². The number of hydrogen-bond acceptors (Lipinski definition) is 6. The maximum absolute atomic E-state index is 15.0. The predicted octanol–water partition coefficient (Wildman–Crippen LogP) is 3.69. The van der Waals surface area contributed by atoms with Gasteiger partial charge in [0.2, 0.25) is 5.91 Å². The molecule has 0 aliphatic heterocycles. The number of rotatable bonds is 8. The van der Waals surface area contributed by atoms with Crippen molar-refractivity contribution < 1.29 is 36.3 Å². The molecule has 1 aromatic heterocycles. The molecule has 0 radical (unpaired) electrons. The SMILES string of the molecule is CCCc1oc(C(=O)O)nc1Cc1c(F)cc(-c2ccccc2S(=O)(=O)NC(C)=O)cc1F. The minimum Gasteiger partial charge on any atom is -0.474 e. The number of carboxylic acids is 1. The molecule has 8 nitrogen and oxygen atoms in total. The van der Waals surface area contributed by atoms with E-state index in [1.807, 2.05) is 11.6 Å². The van der Waals surface area contributed by atoms with Crippen LogP contribution in [-0.2, 0) is 27.7 Å². The third kappa shape index (κ3) is 5.25. The van der Waals surface area contributed by atoms with Gasteiger partial charge in [0.05, 0.1) is 10.6 Å². The first kappa shape index (κ1) is 24.1. The number of hydrogen-bond donors (Lipinski definition) is 2. The van der Waals surface area contributed by atoms with Crippen molar-refractivity contribution in [3.8, 4) is 11.1 Å². The maximum atomic E-state index is 15.0. The van der Waals surface area contributed by atoms with Crippen LogP contribution in [0.4, 0.5) is 8.78 Å². The number of amides is 1. The summed E-state index contributed by atoms with van der Waals surface area (Å²) in [6.45, 7) is 2.86. The summed E-state index contributed by atoms with van der Waals surface area (Å²) < 4.78 is 61.9. The Morgan fingerprint density at radius 2 is 1.79 bits per heavy atom. The van der Waals surface area contributed by atoms with Crippen molar-refractivity contribution in [1.29, 1.82) is 0 Å². The Labute approximate surface area is 188 Å². The van der Waals surface area contributed by atoms with Crippen LogP contribution in [0.5, 0.6) is 0 Å². The van der Waals surface area contributed by atoms with Crippen LogP contribution in [0.25, 0.3) is 11.1 Å². The van der Waals surface area contributed by atoms with Crippen molar-refractivity contribution in [2.75, 3.05) is 0 Å². The van der Waals surface area contributed by atoms with Crippen LogP contribution in [-0.4, -0.2) is 30.4 Å². The average Bonchev–Trinajstić information content (AvgIpc) is 3.13. The van der Waals surface area contributed by atoms with Crippen molar-refractivity contribution in [2.24, 2.45) is 0 Å². The van der Waals surface area contributed by atoms with E-state index in [0.29, 0.717) is 12.8 Å². The van der Waals surface area contributed by atoms with Gasteiger partial charge in [0.1, 0.15) is 17.4 Å². The normalized spacial score (nSPS) is 11.4.